The summed E-state index contributed by atoms with van der Waals surface area (Å²) in [6.07, 6.45) is 1.01. The minimum atomic E-state index is -0.276. The van der Waals surface area contributed by atoms with Crippen LogP contribution in [0.25, 0.3) is 0 Å². The summed E-state index contributed by atoms with van der Waals surface area (Å²) in [5.74, 6) is 0.376. The molecule has 0 aromatic heterocycles. The molecule has 1 aromatic rings. The van der Waals surface area contributed by atoms with Gasteiger partial charge in [-0.2, -0.15) is 0 Å². The van der Waals surface area contributed by atoms with Crippen molar-refractivity contribution in [3.63, 3.8) is 0 Å². The highest BCUT2D eigenvalue weighted by molar-refractivity contribution is 14.0. The van der Waals surface area contributed by atoms with Gasteiger partial charge in [-0.1, -0.05) is 12.1 Å². The minimum Gasteiger partial charge on any atom is -0.469 e. The van der Waals surface area contributed by atoms with E-state index >= 15 is 0 Å². The average Bonchev–Trinajstić information content (AvgIpc) is 2.61. The molecule has 0 fully saturated rings. The second-order valence-electron chi connectivity index (χ2n) is 5.66. The molecule has 0 spiro atoms. The number of esters is 1. The Bertz CT molecular complexity index is 606. The lowest BCUT2D eigenvalue weighted by Crippen LogP contribution is -2.38. The van der Waals surface area contributed by atoms with Gasteiger partial charge in [0, 0.05) is 32.7 Å². The average molecular weight is 476 g/mol. The fourth-order valence-electron chi connectivity index (χ4n) is 2.15. The Balaban J connectivity index is 0.00000625. The number of nitrogens with one attached hydrogen (secondary N) is 2. The van der Waals surface area contributed by atoms with Gasteiger partial charge in [0.1, 0.15) is 0 Å². The molecule has 0 saturated carbocycles. The van der Waals surface area contributed by atoms with Gasteiger partial charge in [-0.15, -0.1) is 24.0 Å². The van der Waals surface area contributed by atoms with Crippen molar-refractivity contribution in [3.8, 4) is 0 Å². The lowest BCUT2D eigenvalue weighted by molar-refractivity contribution is -0.140. The number of hydrogen-bond acceptors (Lipinski definition) is 4. The molecule has 8 heteroatoms. The van der Waals surface area contributed by atoms with Crippen LogP contribution in [0.2, 0.25) is 0 Å². The molecule has 0 aliphatic heterocycles. The predicted octanol–water partition coefficient (Wildman–Crippen LogP) is 1.67. The first-order valence-corrected chi connectivity index (χ1v) is 8.37. The smallest absolute Gasteiger partial charge is 0.307 e. The molecule has 146 valence electrons. The van der Waals surface area contributed by atoms with E-state index in [1.807, 2.05) is 31.2 Å². The number of carbonyl (C=O) groups is 2. The summed E-state index contributed by atoms with van der Waals surface area (Å²) in [5, 5.41) is 6.35. The van der Waals surface area contributed by atoms with Crippen LogP contribution in [0.15, 0.2) is 29.3 Å². The fraction of sp³-hybridized carbons (Fsp3) is 0.500. The molecule has 0 atom stereocenters. The van der Waals surface area contributed by atoms with Crippen molar-refractivity contribution in [1.29, 1.82) is 0 Å². The lowest BCUT2D eigenvalue weighted by Gasteiger charge is -2.13. The first-order valence-electron chi connectivity index (χ1n) is 8.37. The Labute approximate surface area is 172 Å². The van der Waals surface area contributed by atoms with Crippen LogP contribution in [0, 0.1) is 0 Å². The SMILES string of the molecule is CCNC(=NCCC(=O)OC)NCCc1cccc(C(=O)N(C)C)c1.I. The number of amides is 1. The highest BCUT2D eigenvalue weighted by Crippen LogP contribution is 2.07. The number of methoxy groups -OCH3 is 1. The summed E-state index contributed by atoms with van der Waals surface area (Å²) in [7, 11) is 4.85. The Morgan fingerprint density at radius 2 is 1.96 bits per heavy atom. The van der Waals surface area contributed by atoms with Crippen molar-refractivity contribution >= 4 is 41.8 Å². The van der Waals surface area contributed by atoms with Gasteiger partial charge in [0.05, 0.1) is 20.1 Å². The fourth-order valence-corrected chi connectivity index (χ4v) is 2.15. The first kappa shape index (κ1) is 24.2. The molecule has 0 bridgehead atoms. The van der Waals surface area contributed by atoms with E-state index in [1.54, 1.807) is 19.0 Å². The molecule has 0 heterocycles. The zero-order chi connectivity index (χ0) is 18.7. The third-order valence-corrected chi connectivity index (χ3v) is 3.44. The molecule has 0 aliphatic rings. The van der Waals surface area contributed by atoms with E-state index in [4.69, 9.17) is 0 Å². The van der Waals surface area contributed by atoms with Crippen molar-refractivity contribution in [2.75, 3.05) is 40.8 Å². The molecule has 1 aromatic carbocycles. The highest BCUT2D eigenvalue weighted by Gasteiger charge is 2.08. The third-order valence-electron chi connectivity index (χ3n) is 3.44. The molecular weight excluding hydrogens is 447 g/mol. The quantitative estimate of drug-likeness (QED) is 0.258. The van der Waals surface area contributed by atoms with E-state index in [-0.39, 0.29) is 42.3 Å². The summed E-state index contributed by atoms with van der Waals surface area (Å²) in [4.78, 5) is 29.0. The lowest BCUT2D eigenvalue weighted by atomic mass is 10.1. The van der Waals surface area contributed by atoms with Crippen molar-refractivity contribution < 1.29 is 14.3 Å². The van der Waals surface area contributed by atoms with E-state index in [0.29, 0.717) is 24.6 Å². The summed E-state index contributed by atoms with van der Waals surface area (Å²) in [5.41, 5.74) is 1.76. The maximum atomic E-state index is 12.0. The van der Waals surface area contributed by atoms with Crippen LogP contribution in [-0.2, 0) is 16.0 Å². The maximum Gasteiger partial charge on any atom is 0.307 e. The number of guanidine groups is 1. The standard InChI is InChI=1S/C18H28N4O3.HI/c1-5-19-18(21-12-10-16(23)25-4)20-11-9-14-7-6-8-15(13-14)17(24)22(2)3;/h6-8,13H,5,9-12H2,1-4H3,(H2,19,20,21);1H. The molecule has 26 heavy (non-hydrogen) atoms. The second-order valence-corrected chi connectivity index (χ2v) is 5.66. The number of ether oxygens (including phenoxy) is 1. The van der Waals surface area contributed by atoms with Gasteiger partial charge >= 0.3 is 5.97 Å². The summed E-state index contributed by atoms with van der Waals surface area (Å²) < 4.78 is 4.60. The largest absolute Gasteiger partial charge is 0.469 e. The summed E-state index contributed by atoms with van der Waals surface area (Å²) >= 11 is 0. The van der Waals surface area contributed by atoms with E-state index in [1.165, 1.54) is 7.11 Å². The molecule has 0 radical (unpaired) electrons. The topological polar surface area (TPSA) is 83.0 Å². The normalized spacial score (nSPS) is 10.5. The summed E-state index contributed by atoms with van der Waals surface area (Å²) in [6, 6.07) is 7.61. The highest BCUT2D eigenvalue weighted by atomic mass is 127. The van der Waals surface area contributed by atoms with Crippen LogP contribution in [0.1, 0.15) is 29.3 Å². The number of rotatable bonds is 8. The van der Waals surface area contributed by atoms with Crippen LogP contribution in [0.4, 0.5) is 0 Å². The van der Waals surface area contributed by atoms with Crippen molar-refractivity contribution in [2.45, 2.75) is 19.8 Å². The number of halogens is 1. The van der Waals surface area contributed by atoms with Crippen molar-refractivity contribution in [1.82, 2.24) is 15.5 Å². The molecule has 0 saturated heterocycles. The Morgan fingerprint density at radius 1 is 1.23 bits per heavy atom. The van der Waals surface area contributed by atoms with Crippen molar-refractivity contribution in [3.05, 3.63) is 35.4 Å². The van der Waals surface area contributed by atoms with E-state index in [0.717, 1.165) is 18.5 Å². The molecule has 2 N–H and O–H groups in total. The zero-order valence-corrected chi connectivity index (χ0v) is 18.2. The Hall–Kier alpha value is -1.84. The first-order chi connectivity index (χ1) is 12.0. The zero-order valence-electron chi connectivity index (χ0n) is 15.9. The van der Waals surface area contributed by atoms with Crippen molar-refractivity contribution in [2.24, 2.45) is 4.99 Å². The number of aliphatic imine (C=N–C) groups is 1. The number of hydrogen-bond donors (Lipinski definition) is 2. The van der Waals surface area contributed by atoms with Gasteiger partial charge < -0.3 is 20.3 Å². The van der Waals surface area contributed by atoms with Crippen LogP contribution in [-0.4, -0.2) is 63.6 Å². The van der Waals surface area contributed by atoms with E-state index in [9.17, 15) is 9.59 Å². The Morgan fingerprint density at radius 3 is 2.58 bits per heavy atom. The van der Waals surface area contributed by atoms with E-state index in [2.05, 4.69) is 20.4 Å². The molecule has 1 rings (SSSR count). The predicted molar refractivity (Wildman–Crippen MR) is 114 cm³/mol. The molecule has 7 nitrogen and oxygen atoms in total. The summed E-state index contributed by atoms with van der Waals surface area (Å²) in [6.45, 7) is 3.75. The van der Waals surface area contributed by atoms with Gasteiger partial charge in [0.25, 0.3) is 5.91 Å². The van der Waals surface area contributed by atoms with Crippen LogP contribution < -0.4 is 10.6 Å². The van der Waals surface area contributed by atoms with Gasteiger partial charge in [-0.3, -0.25) is 14.6 Å². The van der Waals surface area contributed by atoms with E-state index < -0.39 is 0 Å². The van der Waals surface area contributed by atoms with Gasteiger partial charge in [0.2, 0.25) is 0 Å². The molecular formula is C18H29IN4O3. The van der Waals surface area contributed by atoms with Crippen LogP contribution >= 0.6 is 24.0 Å². The van der Waals surface area contributed by atoms with Gasteiger partial charge in [0.15, 0.2) is 5.96 Å². The third kappa shape index (κ3) is 9.02. The van der Waals surface area contributed by atoms with Gasteiger partial charge in [-0.05, 0) is 31.0 Å². The molecule has 1 amide bonds. The monoisotopic (exact) mass is 476 g/mol. The Kier molecular flexibility index (Phi) is 12.4. The van der Waals surface area contributed by atoms with Gasteiger partial charge in [-0.25, -0.2) is 0 Å². The second kappa shape index (κ2) is 13.4. The maximum absolute atomic E-state index is 12.0. The van der Waals surface area contributed by atoms with Crippen LogP contribution in [0.3, 0.4) is 0 Å². The number of nitrogens with zero attached hydrogens (tertiary/aromatic N) is 2. The molecule has 0 aliphatic carbocycles. The van der Waals surface area contributed by atoms with Crippen LogP contribution in [0.5, 0.6) is 0 Å². The number of benzene rings is 1. The number of carbonyl (C=O) groups excluding carboxylic acids is 2. The minimum absolute atomic E-state index is 0. The molecule has 0 unspecified atom stereocenters.